The summed E-state index contributed by atoms with van der Waals surface area (Å²) in [5.74, 6) is 6.23. The molecule has 1 aliphatic rings. The fraction of sp³-hybridized carbons (Fsp3) is 0.333. The SMILES string of the molecule is Cc1ccc(CC(O)CCN2CCSC(=O)N2CCc2ccc(C(=O)O)s2)cc1C#Cc1ccsc1. The molecule has 1 atom stereocenters. The van der Waals surface area contributed by atoms with Crippen LogP contribution in [-0.4, -0.2) is 62.9 Å². The minimum atomic E-state index is -0.929. The Morgan fingerprint density at radius 1 is 1.17 bits per heavy atom. The summed E-state index contributed by atoms with van der Waals surface area (Å²) in [6.07, 6.45) is 1.13. The zero-order chi connectivity index (χ0) is 25.5. The lowest BCUT2D eigenvalue weighted by Crippen LogP contribution is -2.51. The largest absolute Gasteiger partial charge is 0.477 e. The van der Waals surface area contributed by atoms with Crippen molar-refractivity contribution in [2.24, 2.45) is 0 Å². The molecule has 0 saturated carbocycles. The summed E-state index contributed by atoms with van der Waals surface area (Å²) in [6, 6.07) is 11.5. The summed E-state index contributed by atoms with van der Waals surface area (Å²) in [4.78, 5) is 24.9. The van der Waals surface area contributed by atoms with Gasteiger partial charge in [0.2, 0.25) is 0 Å². The lowest BCUT2D eigenvalue weighted by Gasteiger charge is -2.38. The van der Waals surface area contributed by atoms with Crippen molar-refractivity contribution in [1.82, 2.24) is 10.0 Å². The molecule has 0 bridgehead atoms. The van der Waals surface area contributed by atoms with Crippen molar-refractivity contribution in [3.05, 3.63) is 79.2 Å². The molecule has 1 aromatic carbocycles. The summed E-state index contributed by atoms with van der Waals surface area (Å²) >= 11 is 4.17. The highest BCUT2D eigenvalue weighted by atomic mass is 32.2. The van der Waals surface area contributed by atoms with E-state index in [-0.39, 0.29) is 5.24 Å². The van der Waals surface area contributed by atoms with Crippen LogP contribution in [-0.2, 0) is 12.8 Å². The number of thioether (sulfide) groups is 1. The Balaban J connectivity index is 1.32. The minimum absolute atomic E-state index is 0.00173. The summed E-state index contributed by atoms with van der Waals surface area (Å²) in [6.45, 7) is 3.85. The number of hydrogen-bond acceptors (Lipinski definition) is 7. The Morgan fingerprint density at radius 2 is 2.03 bits per heavy atom. The summed E-state index contributed by atoms with van der Waals surface area (Å²) in [5.41, 5.74) is 4.12. The van der Waals surface area contributed by atoms with Crippen LogP contribution in [0, 0.1) is 18.8 Å². The van der Waals surface area contributed by atoms with E-state index in [1.54, 1.807) is 22.4 Å². The number of carboxylic acid groups (broad SMARTS) is 1. The number of hydrazine groups is 1. The number of aliphatic hydroxyl groups excluding tert-OH is 1. The van der Waals surface area contributed by atoms with Crippen molar-refractivity contribution in [2.45, 2.75) is 32.3 Å². The molecule has 1 fully saturated rings. The van der Waals surface area contributed by atoms with E-state index in [9.17, 15) is 14.7 Å². The van der Waals surface area contributed by atoms with Crippen molar-refractivity contribution < 1.29 is 19.8 Å². The number of benzene rings is 1. The maximum atomic E-state index is 12.6. The molecule has 4 rings (SSSR count). The summed E-state index contributed by atoms with van der Waals surface area (Å²) in [5, 5.41) is 27.7. The van der Waals surface area contributed by atoms with Gasteiger partial charge in [0, 0.05) is 53.2 Å². The van der Waals surface area contributed by atoms with Gasteiger partial charge >= 0.3 is 5.97 Å². The Kier molecular flexibility index (Phi) is 9.24. The van der Waals surface area contributed by atoms with Crippen LogP contribution in [0.3, 0.4) is 0 Å². The molecule has 36 heavy (non-hydrogen) atoms. The number of amides is 1. The predicted molar refractivity (Wildman–Crippen MR) is 147 cm³/mol. The molecule has 1 unspecified atom stereocenters. The topological polar surface area (TPSA) is 81.1 Å². The van der Waals surface area contributed by atoms with Crippen LogP contribution in [0.2, 0.25) is 0 Å². The van der Waals surface area contributed by atoms with E-state index in [0.717, 1.165) is 39.4 Å². The normalized spacial score (nSPS) is 14.9. The number of aromatic carboxylic acids is 1. The first-order valence-corrected chi connectivity index (χ1v) is 14.5. The van der Waals surface area contributed by atoms with Crippen LogP contribution in [0.25, 0.3) is 0 Å². The van der Waals surface area contributed by atoms with Crippen LogP contribution in [0.1, 0.15) is 43.2 Å². The quantitative estimate of drug-likeness (QED) is 0.366. The first kappa shape index (κ1) is 26.5. The molecule has 2 N–H and O–H groups in total. The maximum Gasteiger partial charge on any atom is 0.345 e. The highest BCUT2D eigenvalue weighted by Gasteiger charge is 2.27. The Morgan fingerprint density at radius 3 is 2.78 bits per heavy atom. The third-order valence-corrected chi connectivity index (χ3v) is 8.59. The third-order valence-electron chi connectivity index (χ3n) is 5.93. The van der Waals surface area contributed by atoms with Gasteiger partial charge in [-0.1, -0.05) is 35.7 Å². The average molecular weight is 541 g/mol. The summed E-state index contributed by atoms with van der Waals surface area (Å²) in [7, 11) is 0. The number of thiophene rings is 2. The van der Waals surface area contributed by atoms with E-state index in [4.69, 9.17) is 5.11 Å². The van der Waals surface area contributed by atoms with Crippen molar-refractivity contribution in [3.8, 4) is 11.8 Å². The van der Waals surface area contributed by atoms with Crippen LogP contribution in [0.5, 0.6) is 0 Å². The minimum Gasteiger partial charge on any atom is -0.477 e. The highest BCUT2D eigenvalue weighted by molar-refractivity contribution is 8.13. The number of hydrogen-bond donors (Lipinski definition) is 2. The van der Waals surface area contributed by atoms with E-state index in [1.165, 1.54) is 23.1 Å². The molecule has 188 valence electrons. The Bertz CT molecular complexity index is 1260. The van der Waals surface area contributed by atoms with Gasteiger partial charge in [-0.3, -0.25) is 9.80 Å². The van der Waals surface area contributed by atoms with Gasteiger partial charge in [0.15, 0.2) is 0 Å². The molecule has 0 radical (unpaired) electrons. The van der Waals surface area contributed by atoms with Crippen molar-refractivity contribution in [3.63, 3.8) is 0 Å². The monoisotopic (exact) mass is 540 g/mol. The molecule has 9 heteroatoms. The van der Waals surface area contributed by atoms with Gasteiger partial charge in [-0.05, 0) is 60.5 Å². The first-order chi connectivity index (χ1) is 17.4. The lowest BCUT2D eigenvalue weighted by molar-refractivity contribution is 0.0148. The fourth-order valence-corrected chi connectivity index (χ4v) is 6.19. The number of rotatable bonds is 9. The van der Waals surface area contributed by atoms with Crippen molar-refractivity contribution in [2.75, 3.05) is 25.4 Å². The summed E-state index contributed by atoms with van der Waals surface area (Å²) < 4.78 is 0. The second-order valence-electron chi connectivity index (χ2n) is 8.57. The number of nitrogens with zero attached hydrogens (tertiary/aromatic N) is 2. The molecule has 0 spiro atoms. The van der Waals surface area contributed by atoms with E-state index in [0.29, 0.717) is 37.2 Å². The molecular weight excluding hydrogens is 513 g/mol. The van der Waals surface area contributed by atoms with Gasteiger partial charge in [-0.15, -0.1) is 11.3 Å². The predicted octanol–water partition coefficient (Wildman–Crippen LogP) is 5.14. The molecule has 3 aromatic rings. The molecule has 2 aromatic heterocycles. The van der Waals surface area contributed by atoms with Crippen LogP contribution >= 0.6 is 34.4 Å². The van der Waals surface area contributed by atoms with E-state index < -0.39 is 12.1 Å². The fourth-order valence-electron chi connectivity index (χ4n) is 3.94. The molecule has 6 nitrogen and oxygen atoms in total. The molecule has 1 aliphatic heterocycles. The van der Waals surface area contributed by atoms with Gasteiger partial charge in [0.1, 0.15) is 4.88 Å². The number of carbonyl (C=O) groups excluding carboxylic acids is 1. The molecule has 1 amide bonds. The molecule has 0 aliphatic carbocycles. The van der Waals surface area contributed by atoms with E-state index in [1.807, 2.05) is 47.0 Å². The Labute approximate surface area is 223 Å². The molecular formula is C27H28N2O4S3. The van der Waals surface area contributed by atoms with Gasteiger partial charge in [0.25, 0.3) is 5.24 Å². The van der Waals surface area contributed by atoms with Crippen LogP contribution in [0.15, 0.2) is 47.2 Å². The second kappa shape index (κ2) is 12.6. The molecule has 3 heterocycles. The zero-order valence-corrected chi connectivity index (χ0v) is 22.4. The van der Waals surface area contributed by atoms with Gasteiger partial charge in [-0.25, -0.2) is 9.80 Å². The number of carboxylic acids is 1. The third kappa shape index (κ3) is 7.21. The number of carbonyl (C=O) groups is 2. The highest BCUT2D eigenvalue weighted by Crippen LogP contribution is 2.22. The van der Waals surface area contributed by atoms with E-state index >= 15 is 0 Å². The maximum absolute atomic E-state index is 12.6. The zero-order valence-electron chi connectivity index (χ0n) is 20.0. The molecule has 1 saturated heterocycles. The van der Waals surface area contributed by atoms with Gasteiger partial charge in [-0.2, -0.15) is 11.3 Å². The second-order valence-corrected chi connectivity index (χ2v) is 11.6. The Hall–Kier alpha value is -2.61. The van der Waals surface area contributed by atoms with E-state index in [2.05, 4.69) is 17.9 Å². The van der Waals surface area contributed by atoms with Crippen molar-refractivity contribution >= 4 is 45.6 Å². The smallest absolute Gasteiger partial charge is 0.345 e. The van der Waals surface area contributed by atoms with Crippen molar-refractivity contribution in [1.29, 1.82) is 0 Å². The average Bonchev–Trinajstić information content (AvgIpc) is 3.55. The van der Waals surface area contributed by atoms with Gasteiger partial charge in [0.05, 0.1) is 6.10 Å². The van der Waals surface area contributed by atoms with Gasteiger partial charge < -0.3 is 10.2 Å². The van der Waals surface area contributed by atoms with Crippen LogP contribution < -0.4 is 0 Å². The first-order valence-electron chi connectivity index (χ1n) is 11.7. The van der Waals surface area contributed by atoms with Crippen LogP contribution in [0.4, 0.5) is 4.79 Å². The lowest BCUT2D eigenvalue weighted by atomic mass is 10.00. The standard InChI is InChI=1S/C27H28N2O4S3/c1-19-2-3-21(16-22(19)5-4-20-10-14-34-18-20)17-23(30)8-11-28-13-15-35-27(33)29(28)12-9-24-6-7-25(36-24)26(31)32/h2-3,6-7,10,14,16,18,23,30H,8-9,11-13,15,17H2,1H3,(H,31,32). The number of aliphatic hydroxyl groups is 1. The number of aryl methyl sites for hydroxylation is 1.